The van der Waals surface area contributed by atoms with E-state index in [9.17, 15) is 8.42 Å². The number of benzene rings is 2. The van der Waals surface area contributed by atoms with Crippen LogP contribution < -0.4 is 16.4 Å². The molecule has 0 spiro atoms. The molecule has 3 aromatic rings. The van der Waals surface area contributed by atoms with Gasteiger partial charge >= 0.3 is 0 Å². The fraction of sp³-hybridized carbons (Fsp3) is 0.273. The number of rotatable bonds is 5. The van der Waals surface area contributed by atoms with Crippen molar-refractivity contribution in [3.8, 4) is 0 Å². The number of nitrogens with zero attached hydrogens (tertiary/aromatic N) is 2. The lowest BCUT2D eigenvalue weighted by atomic mass is 9.94. The van der Waals surface area contributed by atoms with Gasteiger partial charge in [0, 0.05) is 34.8 Å². The third-order valence-electron chi connectivity index (χ3n) is 5.53. The quantitative estimate of drug-likeness (QED) is 0.487. The number of guanidine groups is 1. The third kappa shape index (κ3) is 4.06. The van der Waals surface area contributed by atoms with Gasteiger partial charge in [-0.1, -0.05) is 30.3 Å². The molecule has 1 atom stereocenters. The number of anilines is 2. The molecule has 0 saturated heterocycles. The van der Waals surface area contributed by atoms with E-state index in [2.05, 4.69) is 20.8 Å². The van der Waals surface area contributed by atoms with Crippen molar-refractivity contribution in [3.63, 3.8) is 0 Å². The molecule has 2 aliphatic rings. The Hall–Kier alpha value is -3.17. The first-order valence-corrected chi connectivity index (χ1v) is 12.2. The van der Waals surface area contributed by atoms with E-state index in [1.54, 1.807) is 12.1 Å². The van der Waals surface area contributed by atoms with Crippen molar-refractivity contribution >= 4 is 27.2 Å². The molecule has 2 aromatic carbocycles. The van der Waals surface area contributed by atoms with Crippen LogP contribution in [0, 0.1) is 0 Å². The number of hydrogen-bond donors (Lipinski definition) is 4. The van der Waals surface area contributed by atoms with E-state index in [1.165, 1.54) is 19.1 Å². The highest BCUT2D eigenvalue weighted by Crippen LogP contribution is 2.42. The molecule has 1 fully saturated rings. The predicted octanol–water partition coefficient (Wildman–Crippen LogP) is 2.89. The number of hydrogen-bond acceptors (Lipinski definition) is 7. The Kier molecular flexibility index (Phi) is 4.60. The Morgan fingerprint density at radius 2 is 1.90 bits per heavy atom. The van der Waals surface area contributed by atoms with E-state index >= 15 is 0 Å². The van der Waals surface area contributed by atoms with Crippen LogP contribution >= 0.6 is 0 Å². The Bertz CT molecular complexity index is 1260. The molecule has 0 radical (unpaired) electrons. The van der Waals surface area contributed by atoms with Crippen LogP contribution in [0.4, 0.5) is 11.4 Å². The Morgan fingerprint density at radius 3 is 2.61 bits per heavy atom. The number of sulfone groups is 1. The van der Waals surface area contributed by atoms with E-state index in [-0.39, 0.29) is 5.75 Å². The van der Waals surface area contributed by atoms with Gasteiger partial charge in [-0.2, -0.15) is 5.10 Å². The number of aromatic nitrogens is 2. The van der Waals surface area contributed by atoms with Gasteiger partial charge in [0.1, 0.15) is 5.69 Å². The molecule has 31 heavy (non-hydrogen) atoms. The average molecular weight is 437 g/mol. The molecule has 1 unspecified atom stereocenters. The van der Waals surface area contributed by atoms with E-state index in [1.807, 2.05) is 42.5 Å². The average Bonchev–Trinajstić information content (AvgIpc) is 3.44. The SMILES string of the molecule is CS(=O)(=O)Cc1ccc(NC2=NC(N)(c3cc(C4CC4)[nH]n3)c3ccccc3N2)cc1. The minimum Gasteiger partial charge on any atom is -0.326 e. The first-order chi connectivity index (χ1) is 14.8. The van der Waals surface area contributed by atoms with Crippen molar-refractivity contribution in [2.45, 2.75) is 30.2 Å². The molecule has 1 aromatic heterocycles. The monoisotopic (exact) mass is 436 g/mol. The summed E-state index contributed by atoms with van der Waals surface area (Å²) in [7, 11) is -3.08. The molecule has 0 bridgehead atoms. The van der Waals surface area contributed by atoms with Crippen molar-refractivity contribution in [1.29, 1.82) is 0 Å². The molecule has 2 heterocycles. The summed E-state index contributed by atoms with van der Waals surface area (Å²) < 4.78 is 23.0. The van der Waals surface area contributed by atoms with E-state index < -0.39 is 15.5 Å². The van der Waals surface area contributed by atoms with Crippen molar-refractivity contribution < 1.29 is 8.42 Å². The second-order valence-electron chi connectivity index (χ2n) is 8.27. The zero-order valence-electron chi connectivity index (χ0n) is 17.1. The number of aromatic amines is 1. The lowest BCUT2D eigenvalue weighted by Crippen LogP contribution is -2.44. The van der Waals surface area contributed by atoms with Crippen molar-refractivity contribution in [2.24, 2.45) is 10.7 Å². The van der Waals surface area contributed by atoms with Crippen molar-refractivity contribution in [2.75, 3.05) is 16.9 Å². The van der Waals surface area contributed by atoms with Gasteiger partial charge in [0.25, 0.3) is 0 Å². The summed E-state index contributed by atoms with van der Waals surface area (Å²) in [5, 5.41) is 14.2. The summed E-state index contributed by atoms with van der Waals surface area (Å²) in [5.41, 5.74) is 10.7. The summed E-state index contributed by atoms with van der Waals surface area (Å²) in [6, 6.07) is 17.0. The smallest absolute Gasteiger partial charge is 0.202 e. The van der Waals surface area contributed by atoms with Gasteiger partial charge in [-0.3, -0.25) is 10.8 Å². The number of para-hydroxylation sites is 1. The van der Waals surface area contributed by atoms with Gasteiger partial charge in [-0.25, -0.2) is 13.4 Å². The molecule has 160 valence electrons. The third-order valence-corrected chi connectivity index (χ3v) is 6.39. The normalized spacial score (nSPS) is 20.5. The topological polar surface area (TPSA) is 125 Å². The molecule has 5 rings (SSSR count). The molecule has 0 amide bonds. The maximum absolute atomic E-state index is 11.5. The van der Waals surface area contributed by atoms with Crippen LogP contribution in [-0.2, 0) is 21.3 Å². The molecular weight excluding hydrogens is 412 g/mol. The molecule has 8 nitrogen and oxygen atoms in total. The summed E-state index contributed by atoms with van der Waals surface area (Å²) in [5.74, 6) is 1.04. The maximum atomic E-state index is 11.5. The Morgan fingerprint density at radius 1 is 1.16 bits per heavy atom. The number of aliphatic imine (C=N–C) groups is 1. The zero-order valence-corrected chi connectivity index (χ0v) is 17.9. The summed E-state index contributed by atoms with van der Waals surface area (Å²) in [6.45, 7) is 0. The van der Waals surface area contributed by atoms with E-state index in [0.717, 1.165) is 28.2 Å². The summed E-state index contributed by atoms with van der Waals surface area (Å²) >= 11 is 0. The van der Waals surface area contributed by atoms with Crippen LogP contribution in [0.25, 0.3) is 0 Å². The molecule has 1 aliphatic heterocycles. The highest BCUT2D eigenvalue weighted by molar-refractivity contribution is 7.89. The number of fused-ring (bicyclic) bond motifs is 1. The first-order valence-electron chi connectivity index (χ1n) is 10.1. The zero-order chi connectivity index (χ0) is 21.6. The maximum Gasteiger partial charge on any atom is 0.202 e. The lowest BCUT2D eigenvalue weighted by Gasteiger charge is -2.32. The highest BCUT2D eigenvalue weighted by atomic mass is 32.2. The Labute approximate surface area is 180 Å². The molecule has 9 heteroatoms. The molecule has 1 aliphatic carbocycles. The van der Waals surface area contributed by atoms with Gasteiger partial charge < -0.3 is 10.6 Å². The molecular formula is C22H24N6O2S. The van der Waals surface area contributed by atoms with Crippen LogP contribution in [-0.4, -0.2) is 30.8 Å². The molecule has 5 N–H and O–H groups in total. The number of nitrogens with two attached hydrogens (primary N) is 1. The van der Waals surface area contributed by atoms with Crippen LogP contribution in [0.2, 0.25) is 0 Å². The van der Waals surface area contributed by atoms with Crippen LogP contribution in [0.3, 0.4) is 0 Å². The highest BCUT2D eigenvalue weighted by Gasteiger charge is 2.39. The number of nitrogens with one attached hydrogen (secondary N) is 3. The van der Waals surface area contributed by atoms with Crippen LogP contribution in [0.5, 0.6) is 0 Å². The van der Waals surface area contributed by atoms with Gasteiger partial charge in [0.15, 0.2) is 15.5 Å². The minimum absolute atomic E-state index is 0.00818. The van der Waals surface area contributed by atoms with Gasteiger partial charge in [0.2, 0.25) is 5.96 Å². The fourth-order valence-electron chi connectivity index (χ4n) is 3.83. The lowest BCUT2D eigenvalue weighted by molar-refractivity contribution is 0.547. The van der Waals surface area contributed by atoms with Crippen LogP contribution in [0.1, 0.15) is 41.3 Å². The van der Waals surface area contributed by atoms with Gasteiger partial charge in [-0.05, 0) is 42.7 Å². The van der Waals surface area contributed by atoms with Crippen molar-refractivity contribution in [1.82, 2.24) is 10.2 Å². The molecule has 1 saturated carbocycles. The standard InChI is InChI=1S/C22H24N6O2S/c1-31(29,30)13-14-6-10-16(11-7-14)24-21-25-18-5-3-2-4-17(18)22(23,26-21)20-12-19(27-28-20)15-8-9-15/h2-7,10-12,15H,8-9,13,23H2,1H3,(H,27,28)(H2,24,25,26). The van der Waals surface area contributed by atoms with Crippen molar-refractivity contribution in [3.05, 3.63) is 77.1 Å². The largest absolute Gasteiger partial charge is 0.326 e. The second-order valence-corrected chi connectivity index (χ2v) is 10.4. The fourth-order valence-corrected chi connectivity index (χ4v) is 4.63. The van der Waals surface area contributed by atoms with E-state index in [0.29, 0.717) is 17.6 Å². The minimum atomic E-state index is -3.08. The number of H-pyrrole nitrogens is 1. The first kappa shape index (κ1) is 19.8. The summed E-state index contributed by atoms with van der Waals surface area (Å²) in [6.07, 6.45) is 3.56. The second kappa shape index (κ2) is 7.21. The van der Waals surface area contributed by atoms with Gasteiger partial charge in [-0.15, -0.1) is 0 Å². The Balaban J connectivity index is 1.46. The van der Waals surface area contributed by atoms with Gasteiger partial charge in [0.05, 0.1) is 5.75 Å². The predicted molar refractivity (Wildman–Crippen MR) is 122 cm³/mol. The summed E-state index contributed by atoms with van der Waals surface area (Å²) in [4.78, 5) is 4.79. The van der Waals surface area contributed by atoms with E-state index in [4.69, 9.17) is 10.7 Å². The van der Waals surface area contributed by atoms with Crippen LogP contribution in [0.15, 0.2) is 59.6 Å².